The zero-order valence-electron chi connectivity index (χ0n) is 11.6. The first-order valence-corrected chi connectivity index (χ1v) is 7.40. The molecule has 0 N–H and O–H groups in total. The van der Waals surface area contributed by atoms with Crippen molar-refractivity contribution in [2.75, 3.05) is 19.6 Å². The molecule has 3 heterocycles. The van der Waals surface area contributed by atoms with E-state index >= 15 is 0 Å². The molecule has 3 nitrogen and oxygen atoms in total. The second-order valence-electron chi connectivity index (χ2n) is 6.14. The number of Topliss-reactive ketones (excluding diaryl/α,β-unsaturated/α-hetero) is 1. The van der Waals surface area contributed by atoms with Gasteiger partial charge in [0, 0.05) is 25.7 Å². The summed E-state index contributed by atoms with van der Waals surface area (Å²) in [4.78, 5) is 18.3. The van der Waals surface area contributed by atoms with Crippen molar-refractivity contribution in [3.05, 3.63) is 29.6 Å². The number of hydrogen-bond acceptors (Lipinski definition) is 3. The van der Waals surface area contributed by atoms with E-state index in [2.05, 4.69) is 9.88 Å². The molecule has 0 radical (unpaired) electrons. The lowest BCUT2D eigenvalue weighted by Crippen LogP contribution is -2.48. The van der Waals surface area contributed by atoms with Gasteiger partial charge < -0.3 is 4.90 Å². The Morgan fingerprint density at radius 2 is 2.05 bits per heavy atom. The van der Waals surface area contributed by atoms with Crippen LogP contribution in [0.5, 0.6) is 0 Å². The predicted octanol–water partition coefficient (Wildman–Crippen LogP) is 2.56. The highest BCUT2D eigenvalue weighted by atomic mass is 16.1. The topological polar surface area (TPSA) is 33.2 Å². The molecule has 1 aromatic heterocycles. The molecule has 102 valence electrons. The van der Waals surface area contributed by atoms with E-state index in [1.165, 1.54) is 32.5 Å². The highest BCUT2D eigenvalue weighted by molar-refractivity contribution is 5.92. The highest BCUT2D eigenvalue weighted by Gasteiger charge is 2.36. The summed E-state index contributed by atoms with van der Waals surface area (Å²) in [6, 6.07) is 5.76. The summed E-state index contributed by atoms with van der Waals surface area (Å²) in [5, 5.41) is 0. The fourth-order valence-corrected chi connectivity index (χ4v) is 3.46. The molecule has 2 aliphatic heterocycles. The minimum absolute atomic E-state index is 0.0537. The number of nitrogens with zero attached hydrogens (tertiary/aromatic N) is 2. The molecule has 3 aliphatic rings. The fourth-order valence-electron chi connectivity index (χ4n) is 3.46. The summed E-state index contributed by atoms with van der Waals surface area (Å²) in [7, 11) is 0. The van der Waals surface area contributed by atoms with Crippen molar-refractivity contribution in [3.63, 3.8) is 0 Å². The van der Waals surface area contributed by atoms with Crippen LogP contribution < -0.4 is 0 Å². The van der Waals surface area contributed by atoms with E-state index in [1.807, 2.05) is 12.1 Å². The lowest BCUT2D eigenvalue weighted by molar-refractivity contribution is 0.0271. The van der Waals surface area contributed by atoms with Gasteiger partial charge in [0.15, 0.2) is 5.78 Å². The molecular formula is C16H22N2O. The van der Waals surface area contributed by atoms with Gasteiger partial charge in [0.05, 0.1) is 0 Å². The third-order valence-electron chi connectivity index (χ3n) is 4.44. The Labute approximate surface area is 115 Å². The SMILES string of the molecule is CC(=O)c1cccc(CCCN2CC3CC(C3)C2)n1. The minimum Gasteiger partial charge on any atom is -0.303 e. The van der Waals surface area contributed by atoms with E-state index in [-0.39, 0.29) is 5.78 Å². The normalized spacial score (nSPS) is 25.9. The number of rotatable bonds is 5. The van der Waals surface area contributed by atoms with Crippen LogP contribution in [0.15, 0.2) is 18.2 Å². The van der Waals surface area contributed by atoms with Gasteiger partial charge in [-0.3, -0.25) is 4.79 Å². The summed E-state index contributed by atoms with van der Waals surface area (Å²) in [5.41, 5.74) is 1.64. The maximum atomic E-state index is 11.3. The minimum atomic E-state index is 0.0537. The first kappa shape index (κ1) is 12.8. The van der Waals surface area contributed by atoms with Crippen molar-refractivity contribution < 1.29 is 4.79 Å². The first-order valence-electron chi connectivity index (χ1n) is 7.40. The smallest absolute Gasteiger partial charge is 0.178 e. The van der Waals surface area contributed by atoms with E-state index in [4.69, 9.17) is 0 Å². The van der Waals surface area contributed by atoms with Crippen molar-refractivity contribution in [1.82, 2.24) is 9.88 Å². The van der Waals surface area contributed by atoms with Crippen LogP contribution >= 0.6 is 0 Å². The van der Waals surface area contributed by atoms with Gasteiger partial charge in [0.1, 0.15) is 5.69 Å². The quantitative estimate of drug-likeness (QED) is 0.761. The van der Waals surface area contributed by atoms with E-state index in [1.54, 1.807) is 13.0 Å². The second kappa shape index (κ2) is 5.41. The maximum absolute atomic E-state index is 11.3. The first-order chi connectivity index (χ1) is 9.20. The van der Waals surface area contributed by atoms with Gasteiger partial charge in [-0.25, -0.2) is 4.98 Å². The summed E-state index contributed by atoms with van der Waals surface area (Å²) in [6.45, 7) is 5.36. The third kappa shape index (κ3) is 3.03. The Balaban J connectivity index is 1.47. The molecule has 2 saturated heterocycles. The van der Waals surface area contributed by atoms with Gasteiger partial charge >= 0.3 is 0 Å². The van der Waals surface area contributed by atoms with Crippen LogP contribution in [-0.2, 0) is 6.42 Å². The van der Waals surface area contributed by atoms with Crippen molar-refractivity contribution in [2.24, 2.45) is 11.8 Å². The van der Waals surface area contributed by atoms with Crippen LogP contribution in [0.1, 0.15) is 42.4 Å². The molecule has 2 bridgehead atoms. The predicted molar refractivity (Wildman–Crippen MR) is 75.2 cm³/mol. The Morgan fingerprint density at radius 1 is 1.32 bits per heavy atom. The number of pyridine rings is 1. The number of carbonyl (C=O) groups excluding carboxylic acids is 1. The van der Waals surface area contributed by atoms with Crippen LogP contribution in [-0.4, -0.2) is 35.3 Å². The lowest BCUT2D eigenvalue weighted by atomic mass is 9.71. The number of piperidine rings is 2. The summed E-state index contributed by atoms with van der Waals surface area (Å²) in [5.74, 6) is 2.02. The Hall–Kier alpha value is -1.22. The number of hydrogen-bond donors (Lipinski definition) is 0. The molecule has 19 heavy (non-hydrogen) atoms. The van der Waals surface area contributed by atoms with Crippen LogP contribution in [0.4, 0.5) is 0 Å². The maximum Gasteiger partial charge on any atom is 0.178 e. The molecule has 0 spiro atoms. The molecule has 3 heteroatoms. The molecule has 0 aromatic carbocycles. The highest BCUT2D eigenvalue weighted by Crippen LogP contribution is 2.39. The number of carbonyl (C=O) groups is 1. The summed E-state index contributed by atoms with van der Waals surface area (Å²) >= 11 is 0. The van der Waals surface area contributed by atoms with E-state index < -0.39 is 0 Å². The van der Waals surface area contributed by atoms with Crippen LogP contribution in [0, 0.1) is 11.8 Å². The van der Waals surface area contributed by atoms with Gasteiger partial charge in [-0.1, -0.05) is 6.07 Å². The molecule has 3 fully saturated rings. The van der Waals surface area contributed by atoms with E-state index in [0.717, 1.165) is 30.4 Å². The van der Waals surface area contributed by atoms with Gasteiger partial charge in [0.25, 0.3) is 0 Å². The van der Waals surface area contributed by atoms with Crippen molar-refractivity contribution in [1.29, 1.82) is 0 Å². The standard InChI is InChI=1S/C16H22N2O/c1-12(19)16-6-2-4-15(17-16)5-3-7-18-10-13-8-14(9-13)11-18/h2,4,6,13-14H,3,5,7-11H2,1H3. The van der Waals surface area contributed by atoms with Gasteiger partial charge in [-0.15, -0.1) is 0 Å². The lowest BCUT2D eigenvalue weighted by Gasteiger charge is -2.47. The van der Waals surface area contributed by atoms with E-state index in [9.17, 15) is 4.79 Å². The van der Waals surface area contributed by atoms with E-state index in [0.29, 0.717) is 5.69 Å². The molecular weight excluding hydrogens is 236 g/mol. The number of aryl methyl sites for hydroxylation is 1. The van der Waals surface area contributed by atoms with Crippen molar-refractivity contribution >= 4 is 5.78 Å². The number of fused-ring (bicyclic) bond motifs is 2. The van der Waals surface area contributed by atoms with Crippen LogP contribution in [0.3, 0.4) is 0 Å². The van der Waals surface area contributed by atoms with Crippen molar-refractivity contribution in [2.45, 2.75) is 32.6 Å². The van der Waals surface area contributed by atoms with Gasteiger partial charge in [-0.05, 0) is 56.2 Å². The van der Waals surface area contributed by atoms with Gasteiger partial charge in [0.2, 0.25) is 0 Å². The molecule has 4 rings (SSSR count). The van der Waals surface area contributed by atoms with Crippen LogP contribution in [0.25, 0.3) is 0 Å². The Bertz CT molecular complexity index is 456. The fraction of sp³-hybridized carbons (Fsp3) is 0.625. The van der Waals surface area contributed by atoms with Crippen LogP contribution in [0.2, 0.25) is 0 Å². The molecule has 0 atom stereocenters. The Kier molecular flexibility index (Phi) is 3.65. The summed E-state index contributed by atoms with van der Waals surface area (Å²) < 4.78 is 0. The zero-order valence-corrected chi connectivity index (χ0v) is 11.6. The Morgan fingerprint density at radius 3 is 2.74 bits per heavy atom. The molecule has 0 unspecified atom stereocenters. The second-order valence-corrected chi connectivity index (χ2v) is 6.14. The molecule has 1 aromatic rings. The average molecular weight is 258 g/mol. The molecule has 1 saturated carbocycles. The summed E-state index contributed by atoms with van der Waals surface area (Å²) in [6.07, 6.45) is 5.07. The zero-order chi connectivity index (χ0) is 13.2. The third-order valence-corrected chi connectivity index (χ3v) is 4.44. The monoisotopic (exact) mass is 258 g/mol. The number of ketones is 1. The average Bonchev–Trinajstić information content (AvgIpc) is 2.38. The molecule has 1 aliphatic carbocycles. The van der Waals surface area contributed by atoms with Gasteiger partial charge in [-0.2, -0.15) is 0 Å². The van der Waals surface area contributed by atoms with Crippen molar-refractivity contribution in [3.8, 4) is 0 Å². The molecule has 0 amide bonds. The largest absolute Gasteiger partial charge is 0.303 e. The number of aromatic nitrogens is 1.